The zero-order chi connectivity index (χ0) is 14.7. The molecular formula is C15H19N3OS2. The molecule has 0 atom stereocenters. The number of carbonyl (C=O) groups excluding carboxylic acids is 1. The van der Waals surface area contributed by atoms with Crippen LogP contribution in [0.1, 0.15) is 33.0 Å². The second-order valence-electron chi connectivity index (χ2n) is 5.54. The van der Waals surface area contributed by atoms with Crippen LogP contribution in [-0.2, 0) is 12.2 Å². The molecule has 0 aromatic carbocycles. The normalized spacial score (nSPS) is 19.8. The molecule has 0 saturated carbocycles. The summed E-state index contributed by atoms with van der Waals surface area (Å²) in [6.07, 6.45) is 2.98. The van der Waals surface area contributed by atoms with E-state index >= 15 is 0 Å². The van der Waals surface area contributed by atoms with Gasteiger partial charge in [0, 0.05) is 29.8 Å². The van der Waals surface area contributed by atoms with Gasteiger partial charge in [-0.15, -0.1) is 11.3 Å². The number of amides is 1. The Morgan fingerprint density at radius 1 is 1.48 bits per heavy atom. The lowest BCUT2D eigenvalue weighted by molar-refractivity contribution is 0.0918. The Bertz CT molecular complexity index is 532. The molecule has 0 bridgehead atoms. The predicted octanol–water partition coefficient (Wildman–Crippen LogP) is 2.26. The number of nitrogens with zero attached hydrogens (tertiary/aromatic N) is 2. The van der Waals surface area contributed by atoms with Gasteiger partial charge in [0.1, 0.15) is 0 Å². The fourth-order valence-corrected chi connectivity index (χ4v) is 5.13. The van der Waals surface area contributed by atoms with Crippen molar-refractivity contribution in [1.82, 2.24) is 10.2 Å². The van der Waals surface area contributed by atoms with Crippen LogP contribution in [0.2, 0.25) is 0 Å². The number of nitrogens with one attached hydrogen (secondary N) is 1. The maximum atomic E-state index is 12.4. The summed E-state index contributed by atoms with van der Waals surface area (Å²) in [5, 5.41) is 11.9. The summed E-state index contributed by atoms with van der Waals surface area (Å²) >= 11 is 3.61. The van der Waals surface area contributed by atoms with Crippen molar-refractivity contribution < 1.29 is 4.79 Å². The minimum atomic E-state index is 0.0816. The van der Waals surface area contributed by atoms with Crippen molar-refractivity contribution in [2.75, 3.05) is 25.4 Å². The Hall–Kier alpha value is -1.03. The quantitative estimate of drug-likeness (QED) is 0.868. The first-order chi connectivity index (χ1) is 10.3. The summed E-state index contributed by atoms with van der Waals surface area (Å²) in [7, 11) is 0. The number of piperidine rings is 1. The minimum Gasteiger partial charge on any atom is -0.349 e. The van der Waals surface area contributed by atoms with Gasteiger partial charge in [-0.2, -0.15) is 17.0 Å². The van der Waals surface area contributed by atoms with Gasteiger partial charge in [0.05, 0.1) is 17.5 Å². The molecule has 112 valence electrons. The molecule has 0 aliphatic carbocycles. The average Bonchev–Trinajstić information content (AvgIpc) is 2.94. The van der Waals surface area contributed by atoms with Gasteiger partial charge in [-0.05, 0) is 36.6 Å². The average molecular weight is 321 g/mol. The van der Waals surface area contributed by atoms with Gasteiger partial charge in [-0.3, -0.25) is 9.69 Å². The van der Waals surface area contributed by atoms with Crippen LogP contribution in [0.15, 0.2) is 6.07 Å². The molecule has 0 spiro atoms. The number of carbonyl (C=O) groups is 1. The highest BCUT2D eigenvalue weighted by atomic mass is 32.2. The van der Waals surface area contributed by atoms with Crippen LogP contribution in [-0.4, -0.2) is 42.2 Å². The maximum Gasteiger partial charge on any atom is 0.261 e. The summed E-state index contributed by atoms with van der Waals surface area (Å²) < 4.78 is 0. The van der Waals surface area contributed by atoms with Crippen molar-refractivity contribution in [3.05, 3.63) is 21.4 Å². The number of fused-ring (bicyclic) bond motifs is 1. The second-order valence-corrected chi connectivity index (χ2v) is 7.79. The first-order valence-corrected chi connectivity index (χ1v) is 9.33. The molecule has 3 rings (SSSR count). The molecule has 1 fully saturated rings. The van der Waals surface area contributed by atoms with Crippen LogP contribution >= 0.6 is 23.1 Å². The van der Waals surface area contributed by atoms with Crippen LogP contribution in [0.3, 0.4) is 0 Å². The summed E-state index contributed by atoms with van der Waals surface area (Å²) in [6, 6.07) is 4.51. The topological polar surface area (TPSA) is 56.1 Å². The van der Waals surface area contributed by atoms with Crippen molar-refractivity contribution in [2.45, 2.75) is 31.1 Å². The van der Waals surface area contributed by atoms with Crippen LogP contribution in [0.4, 0.5) is 0 Å². The molecule has 3 heterocycles. The fraction of sp³-hybridized carbons (Fsp3) is 0.600. The predicted molar refractivity (Wildman–Crippen MR) is 86.7 cm³/mol. The fourth-order valence-electron chi connectivity index (χ4n) is 2.85. The van der Waals surface area contributed by atoms with Crippen LogP contribution in [0.5, 0.6) is 0 Å². The van der Waals surface area contributed by atoms with E-state index in [-0.39, 0.29) is 11.9 Å². The Balaban J connectivity index is 1.55. The van der Waals surface area contributed by atoms with Crippen LogP contribution < -0.4 is 5.32 Å². The summed E-state index contributed by atoms with van der Waals surface area (Å²) in [4.78, 5) is 16.8. The third-order valence-electron chi connectivity index (χ3n) is 4.07. The highest BCUT2D eigenvalue weighted by molar-refractivity contribution is 7.98. The van der Waals surface area contributed by atoms with Crippen molar-refractivity contribution in [3.8, 4) is 6.07 Å². The number of nitriles is 1. The number of thiophene rings is 1. The molecule has 1 aromatic heterocycles. The molecular weight excluding hydrogens is 302 g/mol. The number of hydrogen-bond donors (Lipinski definition) is 1. The third kappa shape index (κ3) is 3.60. The van der Waals surface area contributed by atoms with E-state index in [9.17, 15) is 4.79 Å². The van der Waals surface area contributed by atoms with Gasteiger partial charge in [0.25, 0.3) is 5.91 Å². The standard InChI is InChI=1S/C15H19N3OS2/c16-4-7-18-5-1-12(2-6-18)17-15(19)14-9-11-10-20-8-3-13(11)21-14/h9,12H,1-3,5-8,10H2,(H,17,19). The van der Waals surface area contributed by atoms with Crippen LogP contribution in [0.25, 0.3) is 0 Å². The van der Waals surface area contributed by atoms with E-state index in [2.05, 4.69) is 22.4 Å². The van der Waals surface area contributed by atoms with Gasteiger partial charge in [-0.1, -0.05) is 0 Å². The lowest BCUT2D eigenvalue weighted by Crippen LogP contribution is -2.44. The minimum absolute atomic E-state index is 0.0816. The van der Waals surface area contributed by atoms with E-state index < -0.39 is 0 Å². The number of thioether (sulfide) groups is 1. The van der Waals surface area contributed by atoms with E-state index in [1.165, 1.54) is 16.2 Å². The van der Waals surface area contributed by atoms with Gasteiger partial charge in [0.15, 0.2) is 0 Å². The zero-order valence-corrected chi connectivity index (χ0v) is 13.6. The molecule has 4 nitrogen and oxygen atoms in total. The first-order valence-electron chi connectivity index (χ1n) is 7.36. The Kier molecular flexibility index (Phi) is 4.84. The smallest absolute Gasteiger partial charge is 0.261 e. The molecule has 1 N–H and O–H groups in total. The largest absolute Gasteiger partial charge is 0.349 e. The molecule has 2 aliphatic heterocycles. The summed E-state index contributed by atoms with van der Waals surface area (Å²) in [5.41, 5.74) is 1.35. The Morgan fingerprint density at radius 3 is 3.00 bits per heavy atom. The molecule has 1 saturated heterocycles. The lowest BCUT2D eigenvalue weighted by atomic mass is 10.1. The summed E-state index contributed by atoms with van der Waals surface area (Å²) in [5.74, 6) is 2.30. The van der Waals surface area contributed by atoms with Crippen LogP contribution in [0, 0.1) is 11.3 Å². The van der Waals surface area contributed by atoms with Gasteiger partial charge >= 0.3 is 0 Å². The monoisotopic (exact) mass is 321 g/mol. The molecule has 0 radical (unpaired) electrons. The van der Waals surface area contributed by atoms with Crippen molar-refractivity contribution in [2.24, 2.45) is 0 Å². The molecule has 1 amide bonds. The second kappa shape index (κ2) is 6.82. The first kappa shape index (κ1) is 14.9. The van der Waals surface area contributed by atoms with Gasteiger partial charge in [-0.25, -0.2) is 0 Å². The van der Waals surface area contributed by atoms with Gasteiger partial charge < -0.3 is 5.32 Å². The number of hydrogen-bond acceptors (Lipinski definition) is 5. The number of likely N-dealkylation sites (tertiary alicyclic amines) is 1. The zero-order valence-electron chi connectivity index (χ0n) is 11.9. The van der Waals surface area contributed by atoms with Crippen molar-refractivity contribution >= 4 is 29.0 Å². The van der Waals surface area contributed by atoms with E-state index in [0.717, 1.165) is 43.0 Å². The Morgan fingerprint density at radius 2 is 2.29 bits per heavy atom. The van der Waals surface area contributed by atoms with E-state index in [0.29, 0.717) is 6.54 Å². The van der Waals surface area contributed by atoms with Crippen molar-refractivity contribution in [1.29, 1.82) is 5.26 Å². The number of aryl methyl sites for hydroxylation is 1. The highest BCUT2D eigenvalue weighted by Gasteiger charge is 2.23. The van der Waals surface area contributed by atoms with Crippen molar-refractivity contribution in [3.63, 3.8) is 0 Å². The summed E-state index contributed by atoms with van der Waals surface area (Å²) in [6.45, 7) is 2.29. The third-order valence-corrected chi connectivity index (χ3v) is 6.31. The van der Waals surface area contributed by atoms with E-state index in [1.807, 2.05) is 11.8 Å². The molecule has 1 aromatic rings. The lowest BCUT2D eigenvalue weighted by Gasteiger charge is -2.30. The molecule has 21 heavy (non-hydrogen) atoms. The maximum absolute atomic E-state index is 12.4. The molecule has 0 unspecified atom stereocenters. The van der Waals surface area contributed by atoms with Gasteiger partial charge in [0.2, 0.25) is 0 Å². The van der Waals surface area contributed by atoms with E-state index in [1.54, 1.807) is 11.3 Å². The highest BCUT2D eigenvalue weighted by Crippen LogP contribution is 2.31. The van der Waals surface area contributed by atoms with E-state index in [4.69, 9.17) is 5.26 Å². The Labute approximate surface area is 133 Å². The SMILES string of the molecule is N#CCN1CCC(NC(=O)c2cc3c(s2)CCSC3)CC1. The molecule has 6 heteroatoms. The molecule has 2 aliphatic rings. The number of rotatable bonds is 3.